The summed E-state index contributed by atoms with van der Waals surface area (Å²) in [7, 11) is 0. The monoisotopic (exact) mass is 923 g/mol. The first kappa shape index (κ1) is 55.9. The van der Waals surface area contributed by atoms with Crippen LogP contribution in [0.3, 0.4) is 0 Å². The highest BCUT2D eigenvalue weighted by atomic mass is 16.7. The Hall–Kier alpha value is -3.44. The summed E-state index contributed by atoms with van der Waals surface area (Å²) >= 11 is 0. The summed E-state index contributed by atoms with van der Waals surface area (Å²) in [6.07, 6.45) is 6.75. The number of nitrogens with zero attached hydrogens (tertiary/aromatic N) is 1. The third kappa shape index (κ3) is 19.0. The maximum atomic E-state index is 12.6. The summed E-state index contributed by atoms with van der Waals surface area (Å²) in [5.74, 6) is -4.63. The van der Waals surface area contributed by atoms with E-state index in [-0.39, 0.29) is 31.6 Å². The highest BCUT2D eigenvalue weighted by molar-refractivity contribution is 5.70. The zero-order valence-electron chi connectivity index (χ0n) is 37.7. The lowest BCUT2D eigenvalue weighted by molar-refractivity contribution is -0.304. The Bertz CT molecular complexity index is 1650. The summed E-state index contributed by atoms with van der Waals surface area (Å²) in [6.45, 7) is 6.80. The molecular weight excluding hydrogens is 849 g/mol. The van der Waals surface area contributed by atoms with E-state index in [1.54, 1.807) is 63.3 Å². The molecule has 18 nitrogen and oxygen atoms in total. The first-order valence-corrected chi connectivity index (χ1v) is 22.4. The number of ether oxygens (including phenoxy) is 4. The molecule has 0 spiro atoms. The van der Waals surface area contributed by atoms with Crippen molar-refractivity contribution in [1.29, 1.82) is 0 Å². The van der Waals surface area contributed by atoms with Gasteiger partial charge in [0.1, 0.15) is 12.2 Å². The predicted octanol–water partition coefficient (Wildman–Crippen LogP) is 1.09. The number of aliphatic hydroxyl groups excluding tert-OH is 9. The molecule has 2 fully saturated rings. The Morgan fingerprint density at radius 1 is 0.677 bits per heavy atom. The Morgan fingerprint density at radius 2 is 1.26 bits per heavy atom. The Morgan fingerprint density at radius 3 is 1.86 bits per heavy atom. The largest absolute Gasteiger partial charge is 0.462 e. The van der Waals surface area contributed by atoms with Crippen molar-refractivity contribution in [3.05, 3.63) is 85.1 Å². The summed E-state index contributed by atoms with van der Waals surface area (Å²) in [5, 5.41) is 121. The van der Waals surface area contributed by atoms with E-state index < -0.39 is 141 Å². The normalized spacial score (nSPS) is 45.7. The number of esters is 1. The van der Waals surface area contributed by atoms with E-state index in [1.165, 1.54) is 0 Å². The lowest BCUT2D eigenvalue weighted by Gasteiger charge is -2.45. The van der Waals surface area contributed by atoms with Gasteiger partial charge in [-0.15, -0.1) is 5.16 Å². The maximum absolute atomic E-state index is 12.6. The molecule has 3 heterocycles. The second-order valence-corrected chi connectivity index (χ2v) is 17.5. The number of rotatable bonds is 3. The molecule has 0 aromatic heterocycles. The molecule has 0 amide bonds. The van der Waals surface area contributed by atoms with Crippen molar-refractivity contribution in [2.45, 2.75) is 177 Å². The quantitative estimate of drug-likeness (QED) is 0.0816. The lowest BCUT2D eigenvalue weighted by Crippen LogP contribution is -2.61. The molecule has 2 bridgehead atoms. The van der Waals surface area contributed by atoms with Gasteiger partial charge in [0.25, 0.3) is 0 Å². The van der Waals surface area contributed by atoms with Crippen LogP contribution in [0.25, 0.3) is 0 Å². The van der Waals surface area contributed by atoms with Crippen LogP contribution in [0.1, 0.15) is 79.1 Å². The van der Waals surface area contributed by atoms with Crippen molar-refractivity contribution in [3.63, 3.8) is 0 Å². The second kappa shape index (κ2) is 28.0. The standard InChI is InChI=1S/C47H74N2O16/c1-28-17-15-13-11-9-7-5-6-8-10-12-14-16-18-35(64-46-45(59)42(48)44(58)31(4)63-46)24-40-36(27-49-61)39(55)26-47(60,65-40)25-34(52)22-38(54)37(53)20-19-32(50)21-33(51)23-41(56)62-30(3)29(2)43(28)57/h5-18,27-40,42-46,50-55,57-61H,19-26,48H2,1-4H3/b6-5+,9-7+,10-8+,13-11+,14-12+,17-15-,18-16+,49-27+/t28-,29-,30-,31+,32+,33+,34-,35-,36+,37+,38+,39-,40-,42-,43+,44+,45-,46-,47+/m0/s1. The predicted molar refractivity (Wildman–Crippen MR) is 240 cm³/mol. The molecule has 0 unspecified atom stereocenters. The number of hydrogen-bond acceptors (Lipinski definition) is 18. The molecule has 0 aromatic rings. The number of oxime groups is 1. The molecule has 13 N–H and O–H groups in total. The number of carbonyl (C=O) groups excluding carboxylic acids is 1. The minimum Gasteiger partial charge on any atom is -0.462 e. The Kier molecular flexibility index (Phi) is 24.1. The average molecular weight is 923 g/mol. The fraction of sp³-hybridized carbons (Fsp3) is 0.660. The average Bonchev–Trinajstić information content (AvgIpc) is 3.23. The molecular formula is C47H74N2O16. The van der Waals surface area contributed by atoms with Gasteiger partial charge in [0.05, 0.1) is 91.7 Å². The number of cyclic esters (lactones) is 1. The molecule has 19 atom stereocenters. The summed E-state index contributed by atoms with van der Waals surface area (Å²) in [6, 6.07) is -1.10. The van der Waals surface area contributed by atoms with Crippen LogP contribution in [0.5, 0.6) is 0 Å². The maximum Gasteiger partial charge on any atom is 0.308 e. The van der Waals surface area contributed by atoms with Crippen molar-refractivity contribution in [1.82, 2.24) is 0 Å². The number of allylic oxidation sites excluding steroid dienone is 12. The van der Waals surface area contributed by atoms with Crippen molar-refractivity contribution in [2.24, 2.45) is 28.6 Å². The number of hydrogen-bond donors (Lipinski definition) is 12. The topological polar surface area (TPSA) is 315 Å². The van der Waals surface area contributed by atoms with E-state index in [0.717, 1.165) is 6.21 Å². The first-order chi connectivity index (χ1) is 30.7. The molecule has 368 valence electrons. The summed E-state index contributed by atoms with van der Waals surface area (Å²) in [5.41, 5.74) is 6.05. The lowest BCUT2D eigenvalue weighted by atomic mass is 9.83. The van der Waals surface area contributed by atoms with Gasteiger partial charge in [-0.3, -0.25) is 4.79 Å². The van der Waals surface area contributed by atoms with Crippen LogP contribution in [-0.4, -0.2) is 166 Å². The fourth-order valence-corrected chi connectivity index (χ4v) is 7.94. The fourth-order valence-electron chi connectivity index (χ4n) is 7.94. The summed E-state index contributed by atoms with van der Waals surface area (Å²) in [4.78, 5) is 12.6. The van der Waals surface area contributed by atoms with Crippen LogP contribution < -0.4 is 5.73 Å². The molecule has 3 aliphatic rings. The highest BCUT2D eigenvalue weighted by Gasteiger charge is 2.48. The van der Waals surface area contributed by atoms with Gasteiger partial charge in [-0.25, -0.2) is 0 Å². The number of nitrogens with two attached hydrogens (primary N) is 1. The number of aliphatic hydroxyl groups is 10. The van der Waals surface area contributed by atoms with Crippen molar-refractivity contribution < 1.29 is 80.0 Å². The smallest absolute Gasteiger partial charge is 0.308 e. The van der Waals surface area contributed by atoms with Gasteiger partial charge in [-0.05, 0) is 33.1 Å². The molecule has 0 saturated carbocycles. The first-order valence-electron chi connectivity index (χ1n) is 22.4. The second-order valence-electron chi connectivity index (χ2n) is 17.5. The Balaban J connectivity index is 1.86. The molecule has 0 radical (unpaired) electrons. The van der Waals surface area contributed by atoms with Gasteiger partial charge >= 0.3 is 5.97 Å². The molecule has 0 aliphatic carbocycles. The third-order valence-electron chi connectivity index (χ3n) is 12.0. The van der Waals surface area contributed by atoms with E-state index in [2.05, 4.69) is 5.16 Å². The van der Waals surface area contributed by atoms with Crippen molar-refractivity contribution >= 4 is 12.2 Å². The van der Waals surface area contributed by atoms with Gasteiger partial charge < -0.3 is 81.0 Å². The van der Waals surface area contributed by atoms with Crippen LogP contribution in [0.2, 0.25) is 0 Å². The van der Waals surface area contributed by atoms with Gasteiger partial charge in [0.2, 0.25) is 0 Å². The minimum absolute atomic E-state index is 0.0821. The number of carbonyl (C=O) groups is 1. The number of fused-ring (bicyclic) bond motifs is 2. The molecule has 2 saturated heterocycles. The SMILES string of the molecule is C[C@@H]1[C@H](O)[C@@H](C)\C=C/C=C/C=C/C=C/C=C/C=C/C=C/[C@H](O[C@@H]2O[C@H](C)[C@@H](O)[C@H](N)[C@@H]2O)C[C@@H]2O[C@](O)(C[C@@H](O)C[C@@H](O)[C@H](O)CC[C@@H](O)C[C@@H](O)CC(=O)O[C@H]1C)C[C@H](O)[C@H]2/C=N/O. The van der Waals surface area contributed by atoms with Gasteiger partial charge in [0.15, 0.2) is 12.1 Å². The van der Waals surface area contributed by atoms with Crippen LogP contribution in [0.4, 0.5) is 0 Å². The zero-order valence-corrected chi connectivity index (χ0v) is 37.7. The minimum atomic E-state index is -2.19. The zero-order chi connectivity index (χ0) is 48.3. The summed E-state index contributed by atoms with van der Waals surface area (Å²) < 4.78 is 23.5. The van der Waals surface area contributed by atoms with Gasteiger partial charge in [0, 0.05) is 37.5 Å². The van der Waals surface area contributed by atoms with E-state index in [1.807, 2.05) is 49.5 Å². The third-order valence-corrected chi connectivity index (χ3v) is 12.0. The van der Waals surface area contributed by atoms with E-state index in [4.69, 9.17) is 24.7 Å². The van der Waals surface area contributed by atoms with Crippen molar-refractivity contribution in [3.8, 4) is 0 Å². The van der Waals surface area contributed by atoms with Gasteiger partial charge in [-0.2, -0.15) is 0 Å². The highest BCUT2D eigenvalue weighted by Crippen LogP contribution is 2.37. The molecule has 0 aromatic carbocycles. The van der Waals surface area contributed by atoms with Crippen LogP contribution in [-0.2, 0) is 23.7 Å². The van der Waals surface area contributed by atoms with E-state index >= 15 is 0 Å². The van der Waals surface area contributed by atoms with Crippen LogP contribution >= 0.6 is 0 Å². The van der Waals surface area contributed by atoms with E-state index in [9.17, 15) is 61.1 Å². The molecule has 18 heteroatoms. The van der Waals surface area contributed by atoms with Crippen LogP contribution in [0, 0.1) is 17.8 Å². The molecule has 3 aliphatic heterocycles. The van der Waals surface area contributed by atoms with Crippen LogP contribution in [0.15, 0.2) is 90.2 Å². The molecule has 3 rings (SSSR count). The van der Waals surface area contributed by atoms with Gasteiger partial charge in [-0.1, -0.05) is 98.9 Å². The molecule has 65 heavy (non-hydrogen) atoms. The Labute approximate surface area is 381 Å². The van der Waals surface area contributed by atoms with E-state index in [0.29, 0.717) is 0 Å². The van der Waals surface area contributed by atoms with Crippen molar-refractivity contribution in [2.75, 3.05) is 0 Å².